The summed E-state index contributed by atoms with van der Waals surface area (Å²) in [6.07, 6.45) is 1.50. The quantitative estimate of drug-likeness (QED) is 0.479. The van der Waals surface area contributed by atoms with Crippen LogP contribution in [0.25, 0.3) is 0 Å². The first kappa shape index (κ1) is 4.96. The number of aromatic nitrogens is 3. The lowest BCUT2D eigenvalue weighted by molar-refractivity contribution is 0.835. The molecule has 0 saturated carbocycles. The maximum Gasteiger partial charge on any atom is 0.151 e. The van der Waals surface area contributed by atoms with E-state index in [1.807, 2.05) is 6.92 Å². The first-order chi connectivity index (χ1) is 3.84. The van der Waals surface area contributed by atoms with E-state index in [-0.39, 0.29) is 0 Å². The molecule has 0 aliphatic heterocycles. The summed E-state index contributed by atoms with van der Waals surface area (Å²) in [6.45, 7) is 5.10. The van der Waals surface area contributed by atoms with Gasteiger partial charge < -0.3 is 0 Å². The average Bonchev–Trinajstić information content (AvgIpc) is 2.14. The predicted molar refractivity (Wildman–Crippen MR) is 29.7 cm³/mol. The maximum atomic E-state index is 3.67. The molecule has 0 aliphatic carbocycles. The Hall–Kier alpha value is -1.19. The predicted octanol–water partition coefficient (Wildman–Crippen LogP) is 0.0502. The van der Waals surface area contributed by atoms with Gasteiger partial charge in [-0.1, -0.05) is 0 Å². The van der Waals surface area contributed by atoms with Crippen LogP contribution in [0, 0.1) is 6.92 Å². The fourth-order valence-electron chi connectivity index (χ4n) is 0.427. The highest BCUT2D eigenvalue weighted by atomic mass is 15.4. The van der Waals surface area contributed by atoms with Crippen molar-refractivity contribution in [3.63, 3.8) is 0 Å². The van der Waals surface area contributed by atoms with Gasteiger partial charge in [0.25, 0.3) is 0 Å². The third-order valence-electron chi connectivity index (χ3n) is 0.847. The molecule has 0 aromatic carbocycles. The molecule has 0 fully saturated rings. The van der Waals surface area contributed by atoms with Crippen molar-refractivity contribution in [1.82, 2.24) is 14.9 Å². The van der Waals surface area contributed by atoms with Gasteiger partial charge in [-0.3, -0.25) is 0 Å². The number of aryl methyl sites for hydroxylation is 1. The van der Waals surface area contributed by atoms with Crippen LogP contribution in [0.5, 0.6) is 0 Å². The second-order valence-electron chi connectivity index (χ2n) is 1.36. The van der Waals surface area contributed by atoms with Crippen LogP contribution in [0.1, 0.15) is 5.82 Å². The van der Waals surface area contributed by atoms with Gasteiger partial charge in [0.15, 0.2) is 5.82 Å². The lowest BCUT2D eigenvalue weighted by atomic mass is 10.7. The van der Waals surface area contributed by atoms with Gasteiger partial charge in [-0.05, 0) is 6.92 Å². The molecular formula is C4H6N4. The van der Waals surface area contributed by atoms with E-state index in [4.69, 9.17) is 0 Å². The average molecular weight is 110 g/mol. The van der Waals surface area contributed by atoms with Gasteiger partial charge in [-0.2, -0.15) is 5.10 Å². The zero-order chi connectivity index (χ0) is 5.98. The second kappa shape index (κ2) is 1.73. The smallest absolute Gasteiger partial charge is 0.151 e. The summed E-state index contributed by atoms with van der Waals surface area (Å²) >= 11 is 0. The molecule has 0 atom stereocenters. The molecule has 0 saturated heterocycles. The first-order valence-electron chi connectivity index (χ1n) is 2.18. The minimum Gasteiger partial charge on any atom is -0.205 e. The van der Waals surface area contributed by atoms with E-state index >= 15 is 0 Å². The zero-order valence-electron chi connectivity index (χ0n) is 4.57. The second-order valence-corrected chi connectivity index (χ2v) is 1.36. The molecule has 1 rings (SSSR count). The van der Waals surface area contributed by atoms with Crippen LogP contribution in [0.4, 0.5) is 0 Å². The Bertz CT molecular complexity index is 190. The molecule has 1 aromatic heterocycles. The van der Waals surface area contributed by atoms with Crippen molar-refractivity contribution in [3.8, 4) is 0 Å². The molecule has 0 spiro atoms. The van der Waals surface area contributed by atoms with Gasteiger partial charge in [-0.25, -0.2) is 4.68 Å². The molecular weight excluding hydrogens is 104 g/mol. The Morgan fingerprint density at radius 1 is 1.88 bits per heavy atom. The molecule has 8 heavy (non-hydrogen) atoms. The van der Waals surface area contributed by atoms with Crippen LogP contribution in [0.2, 0.25) is 0 Å². The van der Waals surface area contributed by atoms with E-state index in [1.165, 1.54) is 11.0 Å². The molecule has 0 unspecified atom stereocenters. The molecule has 0 radical (unpaired) electrons. The van der Waals surface area contributed by atoms with E-state index in [9.17, 15) is 0 Å². The normalized spacial score (nSPS) is 9.12. The van der Waals surface area contributed by atoms with Gasteiger partial charge >= 0.3 is 0 Å². The summed E-state index contributed by atoms with van der Waals surface area (Å²) in [4.78, 5) is 0. The van der Waals surface area contributed by atoms with Crippen LogP contribution in [-0.2, 0) is 0 Å². The Morgan fingerprint density at radius 3 is 2.88 bits per heavy atom. The van der Waals surface area contributed by atoms with Crippen molar-refractivity contribution in [1.29, 1.82) is 0 Å². The highest BCUT2D eigenvalue weighted by Crippen LogP contribution is 1.87. The molecule has 0 N–H and O–H groups in total. The largest absolute Gasteiger partial charge is 0.205 e. The fraction of sp³-hybridized carbons (Fsp3) is 0.250. The summed E-state index contributed by atoms with van der Waals surface area (Å²) in [5, 5.41) is 10.8. The summed E-state index contributed by atoms with van der Waals surface area (Å²) < 4.78 is 1.50. The topological polar surface area (TPSA) is 43.1 Å². The molecule has 42 valence electrons. The third kappa shape index (κ3) is 0.598. The molecule has 1 aromatic rings. The van der Waals surface area contributed by atoms with Gasteiger partial charge in [0.1, 0.15) is 6.33 Å². The van der Waals surface area contributed by atoms with E-state index in [0.717, 1.165) is 5.82 Å². The standard InChI is InChI=1S/C4H6N4/c1-4-7-6-3-8(4)5-2/h3H,2H2,1H3. The van der Waals surface area contributed by atoms with Crippen LogP contribution in [0.15, 0.2) is 11.4 Å². The van der Waals surface area contributed by atoms with Crippen molar-refractivity contribution >= 4 is 6.72 Å². The van der Waals surface area contributed by atoms with Crippen molar-refractivity contribution in [3.05, 3.63) is 12.2 Å². The fourth-order valence-corrected chi connectivity index (χ4v) is 0.427. The van der Waals surface area contributed by atoms with Gasteiger partial charge in [0.05, 0.1) is 0 Å². The lowest BCUT2D eigenvalue weighted by Gasteiger charge is -1.86. The number of nitrogens with zero attached hydrogens (tertiary/aromatic N) is 4. The highest BCUT2D eigenvalue weighted by Gasteiger charge is 1.89. The Balaban J connectivity index is 3.09. The number of hydrogen-bond acceptors (Lipinski definition) is 3. The zero-order valence-corrected chi connectivity index (χ0v) is 4.57. The van der Waals surface area contributed by atoms with E-state index in [0.29, 0.717) is 0 Å². The third-order valence-corrected chi connectivity index (χ3v) is 0.847. The molecule has 0 bridgehead atoms. The van der Waals surface area contributed by atoms with Crippen LogP contribution in [-0.4, -0.2) is 21.6 Å². The SMILES string of the molecule is C=Nn1cnnc1C. The van der Waals surface area contributed by atoms with Crippen LogP contribution >= 0.6 is 0 Å². The van der Waals surface area contributed by atoms with Gasteiger partial charge in [0, 0.05) is 6.72 Å². The maximum absolute atomic E-state index is 3.67. The van der Waals surface area contributed by atoms with E-state index < -0.39 is 0 Å². The highest BCUT2D eigenvalue weighted by molar-refractivity contribution is 5.23. The van der Waals surface area contributed by atoms with Crippen LogP contribution < -0.4 is 0 Å². The minimum atomic E-state index is 0.750. The van der Waals surface area contributed by atoms with Gasteiger partial charge in [-0.15, -0.1) is 10.2 Å². The number of hydrogen-bond donors (Lipinski definition) is 0. The summed E-state index contributed by atoms with van der Waals surface area (Å²) in [7, 11) is 0. The Labute approximate surface area is 46.9 Å². The Morgan fingerprint density at radius 2 is 2.62 bits per heavy atom. The van der Waals surface area contributed by atoms with Crippen molar-refractivity contribution in [2.45, 2.75) is 6.92 Å². The molecule has 1 heterocycles. The van der Waals surface area contributed by atoms with Crippen LogP contribution in [0.3, 0.4) is 0 Å². The summed E-state index contributed by atoms with van der Waals surface area (Å²) in [6, 6.07) is 0. The van der Waals surface area contributed by atoms with Gasteiger partial charge in [0.2, 0.25) is 0 Å². The van der Waals surface area contributed by atoms with Crippen molar-refractivity contribution in [2.75, 3.05) is 0 Å². The Kier molecular flexibility index (Phi) is 1.07. The van der Waals surface area contributed by atoms with Crippen molar-refractivity contribution < 1.29 is 0 Å². The van der Waals surface area contributed by atoms with E-state index in [1.54, 1.807) is 0 Å². The monoisotopic (exact) mass is 110 g/mol. The number of rotatable bonds is 1. The minimum absolute atomic E-state index is 0.750. The van der Waals surface area contributed by atoms with E-state index in [2.05, 4.69) is 22.0 Å². The molecule has 0 amide bonds. The lowest BCUT2D eigenvalue weighted by Crippen LogP contribution is -1.86. The summed E-state index contributed by atoms with van der Waals surface area (Å²) in [5.41, 5.74) is 0. The molecule has 4 nitrogen and oxygen atoms in total. The first-order valence-corrected chi connectivity index (χ1v) is 2.18. The summed E-state index contributed by atoms with van der Waals surface area (Å²) in [5.74, 6) is 0.750. The molecule has 0 aliphatic rings. The molecule has 4 heteroatoms. The van der Waals surface area contributed by atoms with Crippen molar-refractivity contribution in [2.24, 2.45) is 5.10 Å².